The third-order valence-electron chi connectivity index (χ3n) is 3.69. The van der Waals surface area contributed by atoms with Crippen LogP contribution in [0.5, 0.6) is 0 Å². The highest BCUT2D eigenvalue weighted by molar-refractivity contribution is 5.53. The van der Waals surface area contributed by atoms with Crippen molar-refractivity contribution >= 4 is 0 Å². The molecule has 0 unspecified atom stereocenters. The van der Waals surface area contributed by atoms with Crippen LogP contribution in [0.4, 0.5) is 0 Å². The molecule has 112 valence electrons. The number of aromatic nitrogens is 2. The summed E-state index contributed by atoms with van der Waals surface area (Å²) in [7, 11) is 0. The van der Waals surface area contributed by atoms with E-state index in [0.717, 1.165) is 17.8 Å². The molecule has 0 bridgehead atoms. The minimum Gasteiger partial charge on any atom is -0.334 e. The van der Waals surface area contributed by atoms with E-state index < -0.39 is 0 Å². The molecular weight excluding hydrogens is 272 g/mol. The second kappa shape index (κ2) is 7.03. The third-order valence-corrected chi connectivity index (χ3v) is 3.69. The van der Waals surface area contributed by atoms with E-state index in [1.54, 1.807) is 0 Å². The van der Waals surface area contributed by atoms with Gasteiger partial charge in [-0.15, -0.1) is 0 Å². The second-order valence-corrected chi connectivity index (χ2v) is 5.48. The normalized spacial score (nSPS) is 10.8. The average molecular weight is 292 g/mol. The predicted molar refractivity (Wildman–Crippen MR) is 87.6 cm³/mol. The second-order valence-electron chi connectivity index (χ2n) is 5.48. The first kappa shape index (κ1) is 14.5. The topological polar surface area (TPSA) is 38.9 Å². The molecule has 0 saturated carbocycles. The van der Waals surface area contributed by atoms with Gasteiger partial charge in [0.25, 0.3) is 5.89 Å². The van der Waals surface area contributed by atoms with Crippen LogP contribution in [0.3, 0.4) is 0 Å². The first-order chi connectivity index (χ1) is 10.8. The van der Waals surface area contributed by atoms with Gasteiger partial charge < -0.3 is 4.52 Å². The number of benzene rings is 2. The quantitative estimate of drug-likeness (QED) is 0.662. The molecule has 0 aliphatic rings. The van der Waals surface area contributed by atoms with Gasteiger partial charge in [-0.3, -0.25) is 0 Å². The van der Waals surface area contributed by atoms with Gasteiger partial charge in [-0.05, 0) is 36.1 Å². The Morgan fingerprint density at radius 2 is 1.68 bits per heavy atom. The molecule has 22 heavy (non-hydrogen) atoms. The molecule has 0 radical (unpaired) electrons. The number of rotatable bonds is 6. The third kappa shape index (κ3) is 3.61. The van der Waals surface area contributed by atoms with Crippen LogP contribution in [0.2, 0.25) is 0 Å². The van der Waals surface area contributed by atoms with Crippen molar-refractivity contribution in [3.05, 3.63) is 71.5 Å². The van der Waals surface area contributed by atoms with E-state index in [4.69, 9.17) is 4.52 Å². The lowest BCUT2D eigenvalue weighted by Gasteiger charge is -2.00. The highest BCUT2D eigenvalue weighted by atomic mass is 16.5. The first-order valence-corrected chi connectivity index (χ1v) is 7.81. The molecule has 3 heteroatoms. The van der Waals surface area contributed by atoms with Gasteiger partial charge in [-0.1, -0.05) is 61.0 Å². The van der Waals surface area contributed by atoms with Crippen molar-refractivity contribution in [2.45, 2.75) is 32.6 Å². The van der Waals surface area contributed by atoms with E-state index in [-0.39, 0.29) is 0 Å². The molecular formula is C19H20N2O. The highest BCUT2D eigenvalue weighted by Crippen LogP contribution is 2.19. The summed E-state index contributed by atoms with van der Waals surface area (Å²) >= 11 is 0. The van der Waals surface area contributed by atoms with Gasteiger partial charge in [-0.25, -0.2) is 0 Å². The molecule has 3 aromatic rings. The molecule has 0 spiro atoms. The fourth-order valence-corrected chi connectivity index (χ4v) is 2.42. The summed E-state index contributed by atoms with van der Waals surface area (Å²) in [5, 5.41) is 4.07. The maximum absolute atomic E-state index is 5.38. The van der Waals surface area contributed by atoms with Gasteiger partial charge in [0.15, 0.2) is 5.82 Å². The molecule has 1 aromatic heterocycles. The highest BCUT2D eigenvalue weighted by Gasteiger charge is 2.09. The summed E-state index contributed by atoms with van der Waals surface area (Å²) in [4.78, 5) is 4.49. The minimum absolute atomic E-state index is 0.591. The molecule has 0 N–H and O–H groups in total. The van der Waals surface area contributed by atoms with Gasteiger partial charge in [0, 0.05) is 12.0 Å². The Morgan fingerprint density at radius 3 is 2.41 bits per heavy atom. The zero-order chi connectivity index (χ0) is 15.2. The summed E-state index contributed by atoms with van der Waals surface area (Å²) in [6.45, 7) is 2.21. The van der Waals surface area contributed by atoms with Crippen molar-refractivity contribution in [3.63, 3.8) is 0 Å². The van der Waals surface area contributed by atoms with Gasteiger partial charge in [0.2, 0.25) is 0 Å². The zero-order valence-electron chi connectivity index (χ0n) is 12.8. The van der Waals surface area contributed by atoms with E-state index in [1.165, 1.54) is 24.0 Å². The molecule has 3 nitrogen and oxygen atoms in total. The standard InChI is InChI=1S/C19H20N2O/c1-2-3-7-15-10-12-17(13-11-15)19-20-18(21-22-19)14-16-8-5-4-6-9-16/h4-6,8-13H,2-3,7,14H2,1H3. The number of hydrogen-bond acceptors (Lipinski definition) is 3. The largest absolute Gasteiger partial charge is 0.334 e. The smallest absolute Gasteiger partial charge is 0.257 e. The van der Waals surface area contributed by atoms with Gasteiger partial charge in [-0.2, -0.15) is 4.98 Å². The molecule has 0 fully saturated rings. The van der Waals surface area contributed by atoms with Crippen molar-refractivity contribution < 1.29 is 4.52 Å². The summed E-state index contributed by atoms with van der Waals surface area (Å²) in [5.41, 5.74) is 3.52. The Balaban J connectivity index is 1.70. The maximum atomic E-state index is 5.38. The summed E-state index contributed by atoms with van der Waals surface area (Å²) in [6, 6.07) is 18.6. The fraction of sp³-hybridized carbons (Fsp3) is 0.263. The molecule has 0 saturated heterocycles. The van der Waals surface area contributed by atoms with Crippen molar-refractivity contribution in [3.8, 4) is 11.5 Å². The number of aryl methyl sites for hydroxylation is 1. The van der Waals surface area contributed by atoms with E-state index in [2.05, 4.69) is 53.5 Å². The van der Waals surface area contributed by atoms with Crippen LogP contribution in [0, 0.1) is 0 Å². The Morgan fingerprint density at radius 1 is 0.909 bits per heavy atom. The lowest BCUT2D eigenvalue weighted by molar-refractivity contribution is 0.424. The van der Waals surface area contributed by atoms with Crippen LogP contribution in [0.25, 0.3) is 11.5 Å². The Bertz CT molecular complexity index is 702. The summed E-state index contributed by atoms with van der Waals surface area (Å²) in [6.07, 6.45) is 4.26. The first-order valence-electron chi connectivity index (χ1n) is 7.81. The maximum Gasteiger partial charge on any atom is 0.257 e. The van der Waals surface area contributed by atoms with Crippen LogP contribution >= 0.6 is 0 Å². The number of nitrogens with zero attached hydrogens (tertiary/aromatic N) is 2. The monoisotopic (exact) mass is 292 g/mol. The van der Waals surface area contributed by atoms with Gasteiger partial charge in [0.1, 0.15) is 0 Å². The van der Waals surface area contributed by atoms with Crippen LogP contribution in [-0.4, -0.2) is 10.1 Å². The SMILES string of the molecule is CCCCc1ccc(-c2nc(Cc3ccccc3)no2)cc1. The minimum atomic E-state index is 0.591. The molecule has 1 heterocycles. The predicted octanol–water partition coefficient (Wildman–Crippen LogP) is 4.67. The molecule has 0 aliphatic heterocycles. The molecule has 0 aliphatic carbocycles. The Hall–Kier alpha value is -2.42. The van der Waals surface area contributed by atoms with Gasteiger partial charge in [0.05, 0.1) is 0 Å². The lowest BCUT2D eigenvalue weighted by atomic mass is 10.1. The average Bonchev–Trinajstić information content (AvgIpc) is 3.03. The fourth-order valence-electron chi connectivity index (χ4n) is 2.42. The van der Waals surface area contributed by atoms with E-state index in [0.29, 0.717) is 12.3 Å². The zero-order valence-corrected chi connectivity index (χ0v) is 12.8. The van der Waals surface area contributed by atoms with E-state index >= 15 is 0 Å². The Kier molecular flexibility index (Phi) is 4.64. The van der Waals surface area contributed by atoms with E-state index in [9.17, 15) is 0 Å². The molecule has 0 amide bonds. The van der Waals surface area contributed by atoms with Crippen molar-refractivity contribution in [2.75, 3.05) is 0 Å². The van der Waals surface area contributed by atoms with Crippen molar-refractivity contribution in [2.24, 2.45) is 0 Å². The van der Waals surface area contributed by atoms with Crippen LogP contribution < -0.4 is 0 Å². The number of unbranched alkanes of at least 4 members (excludes halogenated alkanes) is 1. The number of hydrogen-bond donors (Lipinski definition) is 0. The lowest BCUT2D eigenvalue weighted by Crippen LogP contribution is -1.90. The van der Waals surface area contributed by atoms with E-state index in [1.807, 2.05) is 18.2 Å². The molecule has 3 rings (SSSR count). The van der Waals surface area contributed by atoms with Crippen molar-refractivity contribution in [1.82, 2.24) is 10.1 Å². The van der Waals surface area contributed by atoms with Gasteiger partial charge >= 0.3 is 0 Å². The van der Waals surface area contributed by atoms with Crippen LogP contribution in [-0.2, 0) is 12.8 Å². The molecule has 2 aromatic carbocycles. The molecule has 0 atom stereocenters. The van der Waals surface area contributed by atoms with Crippen LogP contribution in [0.1, 0.15) is 36.7 Å². The summed E-state index contributed by atoms with van der Waals surface area (Å²) in [5.74, 6) is 1.31. The summed E-state index contributed by atoms with van der Waals surface area (Å²) < 4.78 is 5.38. The Labute approximate surface area is 131 Å². The van der Waals surface area contributed by atoms with Crippen LogP contribution in [0.15, 0.2) is 59.1 Å². The van der Waals surface area contributed by atoms with Crippen molar-refractivity contribution in [1.29, 1.82) is 0 Å².